The molecule has 2 aromatic rings. The van der Waals surface area contributed by atoms with Crippen molar-refractivity contribution in [1.82, 2.24) is 0 Å². The quantitative estimate of drug-likeness (QED) is 0.821. The summed E-state index contributed by atoms with van der Waals surface area (Å²) in [6.45, 7) is 3.09. The van der Waals surface area contributed by atoms with Crippen LogP contribution in [-0.2, 0) is 15.8 Å². The number of anilines is 2. The predicted octanol–water partition coefficient (Wildman–Crippen LogP) is 4.10. The third kappa shape index (κ3) is 5.47. The molecule has 2 amide bonds. The minimum Gasteiger partial charge on any atom is -0.492 e. The van der Waals surface area contributed by atoms with Gasteiger partial charge in [0.2, 0.25) is 11.8 Å². The van der Waals surface area contributed by atoms with Crippen LogP contribution in [0, 0.1) is 0 Å². The Bertz CT molecular complexity index is 822. The predicted molar refractivity (Wildman–Crippen MR) is 95.7 cm³/mol. The van der Waals surface area contributed by atoms with Gasteiger partial charge in [0, 0.05) is 12.6 Å². The van der Waals surface area contributed by atoms with Crippen molar-refractivity contribution in [2.75, 3.05) is 23.4 Å². The van der Waals surface area contributed by atoms with Gasteiger partial charge in [-0.05, 0) is 37.3 Å². The minimum atomic E-state index is -4.51. The van der Waals surface area contributed by atoms with Crippen LogP contribution < -0.4 is 15.0 Å². The van der Waals surface area contributed by atoms with Crippen LogP contribution >= 0.6 is 0 Å². The fraction of sp³-hybridized carbons (Fsp3) is 0.263. The van der Waals surface area contributed by atoms with E-state index in [1.807, 2.05) is 0 Å². The molecule has 0 aliphatic heterocycles. The summed E-state index contributed by atoms with van der Waals surface area (Å²) in [6, 6.07) is 11.0. The molecule has 0 aliphatic rings. The van der Waals surface area contributed by atoms with E-state index in [1.165, 1.54) is 24.0 Å². The van der Waals surface area contributed by atoms with Gasteiger partial charge in [0.25, 0.3) is 0 Å². The molecule has 0 aliphatic carbocycles. The molecule has 0 saturated heterocycles. The zero-order valence-corrected chi connectivity index (χ0v) is 14.8. The number of halogens is 3. The minimum absolute atomic E-state index is 0.00331. The first kappa shape index (κ1) is 20.3. The molecule has 0 fully saturated rings. The first-order valence-corrected chi connectivity index (χ1v) is 8.19. The second-order valence-corrected chi connectivity index (χ2v) is 5.63. The summed E-state index contributed by atoms with van der Waals surface area (Å²) in [6.07, 6.45) is -4.51. The molecule has 0 aromatic heterocycles. The molecular formula is C19H19F3N2O3. The topological polar surface area (TPSA) is 58.6 Å². The van der Waals surface area contributed by atoms with E-state index in [2.05, 4.69) is 5.32 Å². The summed E-state index contributed by atoms with van der Waals surface area (Å²) in [5.41, 5.74) is -0.465. The number of para-hydroxylation sites is 2. The number of benzene rings is 2. The number of carbonyl (C=O) groups is 2. The summed E-state index contributed by atoms with van der Waals surface area (Å²) >= 11 is 0. The average Bonchev–Trinajstić information content (AvgIpc) is 2.60. The normalized spacial score (nSPS) is 11.0. The Labute approximate surface area is 154 Å². The number of hydrogen-bond acceptors (Lipinski definition) is 3. The molecule has 1 N–H and O–H groups in total. The Kier molecular flexibility index (Phi) is 6.44. The van der Waals surface area contributed by atoms with Crippen molar-refractivity contribution in [3.8, 4) is 5.75 Å². The van der Waals surface area contributed by atoms with E-state index in [-0.39, 0.29) is 12.2 Å². The number of rotatable bonds is 6. The highest BCUT2D eigenvalue weighted by molar-refractivity contribution is 6.02. The van der Waals surface area contributed by atoms with Crippen LogP contribution in [0.3, 0.4) is 0 Å². The van der Waals surface area contributed by atoms with Crippen molar-refractivity contribution >= 4 is 23.2 Å². The lowest BCUT2D eigenvalue weighted by molar-refractivity contribution is -0.137. The Hall–Kier alpha value is -3.03. The lowest BCUT2D eigenvalue weighted by Gasteiger charge is -2.23. The number of carbonyl (C=O) groups excluding carboxylic acids is 2. The van der Waals surface area contributed by atoms with Crippen molar-refractivity contribution in [2.24, 2.45) is 0 Å². The van der Waals surface area contributed by atoms with Crippen LogP contribution in [0.5, 0.6) is 5.75 Å². The largest absolute Gasteiger partial charge is 0.492 e. The number of nitrogens with one attached hydrogen (secondary N) is 1. The van der Waals surface area contributed by atoms with E-state index < -0.39 is 23.6 Å². The maximum atomic E-state index is 12.8. The number of alkyl halides is 3. The van der Waals surface area contributed by atoms with E-state index >= 15 is 0 Å². The van der Waals surface area contributed by atoms with Crippen LogP contribution in [-0.4, -0.2) is 25.0 Å². The van der Waals surface area contributed by atoms with Gasteiger partial charge in [0.1, 0.15) is 12.3 Å². The molecule has 27 heavy (non-hydrogen) atoms. The number of nitrogens with zero attached hydrogens (tertiary/aromatic N) is 1. The van der Waals surface area contributed by atoms with Gasteiger partial charge in [-0.2, -0.15) is 13.2 Å². The Morgan fingerprint density at radius 1 is 1.11 bits per heavy atom. The highest BCUT2D eigenvalue weighted by Gasteiger charge is 2.30. The molecule has 0 heterocycles. The summed E-state index contributed by atoms with van der Waals surface area (Å²) < 4.78 is 43.8. The maximum absolute atomic E-state index is 12.8. The molecule has 144 valence electrons. The van der Waals surface area contributed by atoms with E-state index in [9.17, 15) is 22.8 Å². The lowest BCUT2D eigenvalue weighted by Crippen LogP contribution is -2.37. The molecular weight excluding hydrogens is 361 g/mol. The van der Waals surface area contributed by atoms with Crippen LogP contribution in [0.15, 0.2) is 48.5 Å². The van der Waals surface area contributed by atoms with E-state index in [0.717, 1.165) is 12.1 Å². The van der Waals surface area contributed by atoms with Gasteiger partial charge in [0.05, 0.1) is 17.9 Å². The molecule has 0 saturated carbocycles. The van der Waals surface area contributed by atoms with Crippen LogP contribution in [0.25, 0.3) is 0 Å². The van der Waals surface area contributed by atoms with Crippen molar-refractivity contribution in [2.45, 2.75) is 20.0 Å². The van der Waals surface area contributed by atoms with Gasteiger partial charge >= 0.3 is 6.18 Å². The highest BCUT2D eigenvalue weighted by Crippen LogP contribution is 2.31. The fourth-order valence-corrected chi connectivity index (χ4v) is 2.44. The number of amides is 2. The first-order valence-electron chi connectivity index (χ1n) is 8.19. The molecule has 0 bridgehead atoms. The van der Waals surface area contributed by atoms with Gasteiger partial charge in [-0.15, -0.1) is 0 Å². The monoisotopic (exact) mass is 380 g/mol. The summed E-state index contributed by atoms with van der Waals surface area (Å²) in [4.78, 5) is 25.5. The average molecular weight is 380 g/mol. The lowest BCUT2D eigenvalue weighted by atomic mass is 10.2. The molecule has 2 aromatic carbocycles. The zero-order chi connectivity index (χ0) is 20.0. The summed E-state index contributed by atoms with van der Waals surface area (Å²) in [7, 11) is 0. The van der Waals surface area contributed by atoms with Gasteiger partial charge in [-0.25, -0.2) is 0 Å². The Morgan fingerprint density at radius 2 is 1.81 bits per heavy atom. The third-order valence-corrected chi connectivity index (χ3v) is 3.61. The molecule has 0 atom stereocenters. The molecule has 5 nitrogen and oxygen atoms in total. The van der Waals surface area contributed by atoms with Gasteiger partial charge < -0.3 is 10.1 Å². The summed E-state index contributed by atoms with van der Waals surface area (Å²) in [5.74, 6) is -0.598. The molecule has 0 unspecified atom stereocenters. The van der Waals surface area contributed by atoms with Gasteiger partial charge in [-0.3, -0.25) is 14.5 Å². The Morgan fingerprint density at radius 3 is 2.44 bits per heavy atom. The van der Waals surface area contributed by atoms with Crippen LogP contribution in [0.2, 0.25) is 0 Å². The van der Waals surface area contributed by atoms with Crippen LogP contribution in [0.1, 0.15) is 19.4 Å². The van der Waals surface area contributed by atoms with Crippen molar-refractivity contribution in [1.29, 1.82) is 0 Å². The SMILES string of the molecule is CCOc1ccccc1N(CC(=O)Nc1cccc(C(F)(F)F)c1)C(C)=O. The van der Waals surface area contributed by atoms with Crippen molar-refractivity contribution < 1.29 is 27.5 Å². The van der Waals surface area contributed by atoms with Gasteiger partial charge in [0.15, 0.2) is 0 Å². The molecule has 0 spiro atoms. The molecule has 0 radical (unpaired) electrons. The number of ether oxygens (including phenoxy) is 1. The van der Waals surface area contributed by atoms with E-state index in [1.54, 1.807) is 31.2 Å². The van der Waals surface area contributed by atoms with Crippen molar-refractivity contribution in [3.05, 3.63) is 54.1 Å². The van der Waals surface area contributed by atoms with Crippen molar-refractivity contribution in [3.63, 3.8) is 0 Å². The smallest absolute Gasteiger partial charge is 0.416 e. The summed E-state index contributed by atoms with van der Waals surface area (Å²) in [5, 5.41) is 2.39. The second-order valence-electron chi connectivity index (χ2n) is 5.63. The second kappa shape index (κ2) is 8.57. The van der Waals surface area contributed by atoms with Crippen LogP contribution in [0.4, 0.5) is 24.5 Å². The first-order chi connectivity index (χ1) is 12.7. The standard InChI is InChI=1S/C19H19F3N2O3/c1-3-27-17-10-5-4-9-16(17)24(13(2)25)12-18(26)23-15-8-6-7-14(11-15)19(20,21)22/h4-11H,3,12H2,1-2H3,(H,23,26). The highest BCUT2D eigenvalue weighted by atomic mass is 19.4. The fourth-order valence-electron chi connectivity index (χ4n) is 2.44. The molecule has 8 heteroatoms. The third-order valence-electron chi connectivity index (χ3n) is 3.61. The number of hydrogen-bond donors (Lipinski definition) is 1. The maximum Gasteiger partial charge on any atom is 0.416 e. The van der Waals surface area contributed by atoms with Gasteiger partial charge in [-0.1, -0.05) is 18.2 Å². The molecule has 2 rings (SSSR count). The Balaban J connectivity index is 2.18. The van der Waals surface area contributed by atoms with E-state index in [4.69, 9.17) is 4.74 Å². The van der Waals surface area contributed by atoms with E-state index in [0.29, 0.717) is 18.0 Å². The zero-order valence-electron chi connectivity index (χ0n) is 14.8.